The predicted octanol–water partition coefficient (Wildman–Crippen LogP) is 4.40. The monoisotopic (exact) mass is 254 g/mol. The van der Waals surface area contributed by atoms with Gasteiger partial charge in [-0.3, -0.25) is 4.98 Å². The molecule has 3 heteroatoms. The van der Waals surface area contributed by atoms with Gasteiger partial charge in [-0.25, -0.2) is 0 Å². The van der Waals surface area contributed by atoms with E-state index in [0.717, 1.165) is 12.2 Å². The van der Waals surface area contributed by atoms with E-state index in [1.54, 1.807) is 11.3 Å². The smallest absolute Gasteiger partial charge is 0.0606 e. The van der Waals surface area contributed by atoms with E-state index in [1.165, 1.54) is 21.2 Å². The third-order valence-electron chi connectivity index (χ3n) is 2.96. The van der Waals surface area contributed by atoms with Gasteiger partial charge in [0.25, 0.3) is 0 Å². The molecule has 0 aliphatic carbocycles. The van der Waals surface area contributed by atoms with Crippen molar-refractivity contribution >= 4 is 27.1 Å². The lowest BCUT2D eigenvalue weighted by Gasteiger charge is -2.10. The van der Waals surface area contributed by atoms with E-state index in [9.17, 15) is 0 Å². The fraction of sp³-hybridized carbons (Fsp3) is 0.133. The van der Waals surface area contributed by atoms with Crippen LogP contribution in [0.5, 0.6) is 0 Å². The molecule has 0 fully saturated rings. The average Bonchev–Trinajstić information content (AvgIpc) is 2.88. The summed E-state index contributed by atoms with van der Waals surface area (Å²) in [6, 6.07) is 10.7. The highest BCUT2D eigenvalue weighted by atomic mass is 32.1. The highest BCUT2D eigenvalue weighted by Gasteiger charge is 2.08. The SMILES string of the molecule is CCNc1cnccc1-c1cccc2ccsc12. The first-order valence-electron chi connectivity index (χ1n) is 6.04. The van der Waals surface area contributed by atoms with Crippen molar-refractivity contribution < 1.29 is 0 Å². The zero-order valence-corrected chi connectivity index (χ0v) is 11.0. The van der Waals surface area contributed by atoms with Gasteiger partial charge in [0.15, 0.2) is 0 Å². The third kappa shape index (κ3) is 1.87. The van der Waals surface area contributed by atoms with E-state index >= 15 is 0 Å². The molecule has 0 saturated heterocycles. The minimum absolute atomic E-state index is 0.902. The van der Waals surface area contributed by atoms with Crippen LogP contribution in [-0.4, -0.2) is 11.5 Å². The first-order valence-corrected chi connectivity index (χ1v) is 6.92. The molecule has 0 bridgehead atoms. The lowest BCUT2D eigenvalue weighted by atomic mass is 10.0. The molecule has 18 heavy (non-hydrogen) atoms. The first kappa shape index (κ1) is 11.2. The summed E-state index contributed by atoms with van der Waals surface area (Å²) in [4.78, 5) is 4.20. The van der Waals surface area contributed by atoms with E-state index in [0.29, 0.717) is 0 Å². The first-order chi connectivity index (χ1) is 8.90. The molecule has 0 radical (unpaired) electrons. The Bertz CT molecular complexity index is 673. The molecule has 2 aromatic heterocycles. The molecule has 3 rings (SSSR count). The maximum absolute atomic E-state index is 4.20. The Labute approximate surface area is 110 Å². The molecule has 0 aliphatic heterocycles. The van der Waals surface area contributed by atoms with Crippen LogP contribution in [0, 0.1) is 0 Å². The Balaban J connectivity index is 2.23. The van der Waals surface area contributed by atoms with E-state index in [1.807, 2.05) is 12.4 Å². The van der Waals surface area contributed by atoms with Crippen LogP contribution in [0.3, 0.4) is 0 Å². The number of fused-ring (bicyclic) bond motifs is 1. The summed E-state index contributed by atoms with van der Waals surface area (Å²) >= 11 is 1.79. The van der Waals surface area contributed by atoms with Crippen LogP contribution in [0.25, 0.3) is 21.2 Å². The van der Waals surface area contributed by atoms with Crippen molar-refractivity contribution in [2.24, 2.45) is 0 Å². The van der Waals surface area contributed by atoms with Crippen LogP contribution >= 0.6 is 11.3 Å². The molecule has 0 unspecified atom stereocenters. The number of benzene rings is 1. The standard InChI is InChI=1S/C15H14N2S/c1-2-17-14-10-16-8-6-12(14)13-5-3-4-11-7-9-18-15(11)13/h3-10,17H,2H2,1H3. The largest absolute Gasteiger partial charge is 0.384 e. The van der Waals surface area contributed by atoms with Crippen LogP contribution in [0.15, 0.2) is 48.1 Å². The van der Waals surface area contributed by atoms with Gasteiger partial charge in [-0.2, -0.15) is 0 Å². The van der Waals surface area contributed by atoms with Crippen LogP contribution in [0.1, 0.15) is 6.92 Å². The molecule has 0 atom stereocenters. The summed E-state index contributed by atoms with van der Waals surface area (Å²) < 4.78 is 1.34. The van der Waals surface area contributed by atoms with Gasteiger partial charge >= 0.3 is 0 Å². The van der Waals surface area contributed by atoms with Gasteiger partial charge in [-0.1, -0.05) is 18.2 Å². The fourth-order valence-corrected chi connectivity index (χ4v) is 3.09. The van der Waals surface area contributed by atoms with Gasteiger partial charge in [0.05, 0.1) is 11.9 Å². The third-order valence-corrected chi connectivity index (χ3v) is 3.92. The van der Waals surface area contributed by atoms with Crippen molar-refractivity contribution in [3.05, 3.63) is 48.1 Å². The summed E-state index contributed by atoms with van der Waals surface area (Å²) in [5, 5.41) is 6.82. The molecule has 90 valence electrons. The summed E-state index contributed by atoms with van der Waals surface area (Å²) in [5.74, 6) is 0. The van der Waals surface area contributed by atoms with E-state index in [2.05, 4.69) is 52.9 Å². The van der Waals surface area contributed by atoms with Gasteiger partial charge < -0.3 is 5.32 Å². The molecule has 0 spiro atoms. The molecule has 2 heterocycles. The fourth-order valence-electron chi connectivity index (χ4n) is 2.17. The van der Waals surface area contributed by atoms with Crippen molar-refractivity contribution in [3.63, 3.8) is 0 Å². The zero-order chi connectivity index (χ0) is 12.4. The molecule has 1 N–H and O–H groups in total. The van der Waals surface area contributed by atoms with Crippen molar-refractivity contribution in [2.45, 2.75) is 6.92 Å². The van der Waals surface area contributed by atoms with Crippen LogP contribution in [0.2, 0.25) is 0 Å². The number of thiophene rings is 1. The molecule has 0 amide bonds. The molecule has 1 aromatic carbocycles. The Hall–Kier alpha value is -1.87. The normalized spacial score (nSPS) is 10.7. The second-order valence-corrected chi connectivity index (χ2v) is 5.01. The Kier molecular flexibility index (Phi) is 2.99. The number of anilines is 1. The maximum Gasteiger partial charge on any atom is 0.0606 e. The van der Waals surface area contributed by atoms with E-state index in [-0.39, 0.29) is 0 Å². The quantitative estimate of drug-likeness (QED) is 0.749. The number of aromatic nitrogens is 1. The van der Waals surface area contributed by atoms with Crippen LogP contribution < -0.4 is 5.32 Å². The highest BCUT2D eigenvalue weighted by Crippen LogP contribution is 2.35. The minimum atomic E-state index is 0.902. The second kappa shape index (κ2) is 4.78. The minimum Gasteiger partial charge on any atom is -0.384 e. The molecular weight excluding hydrogens is 240 g/mol. The lowest BCUT2D eigenvalue weighted by molar-refractivity contribution is 1.19. The van der Waals surface area contributed by atoms with Crippen molar-refractivity contribution in [3.8, 4) is 11.1 Å². The van der Waals surface area contributed by atoms with Gasteiger partial charge in [-0.15, -0.1) is 11.3 Å². The summed E-state index contributed by atoms with van der Waals surface area (Å²) in [7, 11) is 0. The number of hydrogen-bond acceptors (Lipinski definition) is 3. The van der Waals surface area contributed by atoms with Crippen molar-refractivity contribution in [1.82, 2.24) is 4.98 Å². The van der Waals surface area contributed by atoms with Crippen LogP contribution in [-0.2, 0) is 0 Å². The molecule has 0 saturated carbocycles. The highest BCUT2D eigenvalue weighted by molar-refractivity contribution is 7.17. The lowest BCUT2D eigenvalue weighted by Crippen LogP contribution is -1.99. The molecular formula is C15H14N2S. The van der Waals surface area contributed by atoms with Crippen molar-refractivity contribution in [2.75, 3.05) is 11.9 Å². The predicted molar refractivity (Wildman–Crippen MR) is 79.2 cm³/mol. The van der Waals surface area contributed by atoms with Crippen molar-refractivity contribution in [1.29, 1.82) is 0 Å². The second-order valence-electron chi connectivity index (χ2n) is 4.10. The van der Waals surface area contributed by atoms with Gasteiger partial charge in [0.1, 0.15) is 0 Å². The number of nitrogens with one attached hydrogen (secondary N) is 1. The number of nitrogens with zero attached hydrogens (tertiary/aromatic N) is 1. The zero-order valence-electron chi connectivity index (χ0n) is 10.2. The van der Waals surface area contributed by atoms with Crippen LogP contribution in [0.4, 0.5) is 5.69 Å². The van der Waals surface area contributed by atoms with E-state index < -0.39 is 0 Å². The average molecular weight is 254 g/mol. The van der Waals surface area contributed by atoms with Gasteiger partial charge in [-0.05, 0) is 29.8 Å². The molecule has 0 aliphatic rings. The summed E-state index contributed by atoms with van der Waals surface area (Å²) in [6.07, 6.45) is 3.74. The number of hydrogen-bond donors (Lipinski definition) is 1. The molecule has 2 nitrogen and oxygen atoms in total. The summed E-state index contributed by atoms with van der Waals surface area (Å²) in [6.45, 7) is 3.00. The summed E-state index contributed by atoms with van der Waals surface area (Å²) in [5.41, 5.74) is 3.60. The maximum atomic E-state index is 4.20. The van der Waals surface area contributed by atoms with Gasteiger partial charge in [0.2, 0.25) is 0 Å². The number of rotatable bonds is 3. The Morgan fingerprint density at radius 1 is 1.17 bits per heavy atom. The molecule has 3 aromatic rings. The van der Waals surface area contributed by atoms with Gasteiger partial charge in [0, 0.05) is 28.6 Å². The number of pyridine rings is 1. The topological polar surface area (TPSA) is 24.9 Å². The Morgan fingerprint density at radius 3 is 3.00 bits per heavy atom. The Morgan fingerprint density at radius 2 is 2.11 bits per heavy atom. The van der Waals surface area contributed by atoms with E-state index in [4.69, 9.17) is 0 Å².